The number of para-hydroxylation sites is 1. The minimum absolute atomic E-state index is 0.0755. The number of hydrogen-bond acceptors (Lipinski definition) is 4. The van der Waals surface area contributed by atoms with E-state index in [1.54, 1.807) is 18.2 Å². The standard InChI is InChI=1S/C16H12N2O3/c17-16(20)13-9-18-14-7-2-1-6-12(14)15(13)21-11-5-3-4-10(19)8-11/h1-9,19H,(H2,17,20). The first-order valence-corrected chi connectivity index (χ1v) is 6.29. The molecule has 0 atom stereocenters. The number of ether oxygens (including phenoxy) is 1. The van der Waals surface area contributed by atoms with Gasteiger partial charge in [-0.3, -0.25) is 9.78 Å². The van der Waals surface area contributed by atoms with Crippen molar-refractivity contribution in [2.24, 2.45) is 5.73 Å². The average Bonchev–Trinajstić information content (AvgIpc) is 2.47. The second-order valence-corrected chi connectivity index (χ2v) is 4.48. The highest BCUT2D eigenvalue weighted by atomic mass is 16.5. The van der Waals surface area contributed by atoms with Crippen molar-refractivity contribution in [2.45, 2.75) is 0 Å². The molecule has 0 saturated heterocycles. The minimum Gasteiger partial charge on any atom is -0.508 e. The number of aromatic hydroxyl groups is 1. The molecule has 0 saturated carbocycles. The van der Waals surface area contributed by atoms with Crippen LogP contribution >= 0.6 is 0 Å². The lowest BCUT2D eigenvalue weighted by atomic mass is 10.1. The number of rotatable bonds is 3. The number of nitrogens with zero attached hydrogens (tertiary/aromatic N) is 1. The molecular formula is C16H12N2O3. The third-order valence-corrected chi connectivity index (χ3v) is 3.03. The quantitative estimate of drug-likeness (QED) is 0.772. The normalized spacial score (nSPS) is 10.5. The van der Waals surface area contributed by atoms with Crippen LogP contribution in [0.3, 0.4) is 0 Å². The number of hydrogen-bond donors (Lipinski definition) is 2. The van der Waals surface area contributed by atoms with Crippen LogP contribution in [0.1, 0.15) is 10.4 Å². The Morgan fingerprint density at radius 1 is 1.14 bits per heavy atom. The Morgan fingerprint density at radius 3 is 2.71 bits per heavy atom. The van der Waals surface area contributed by atoms with E-state index in [4.69, 9.17) is 10.5 Å². The first kappa shape index (κ1) is 12.9. The van der Waals surface area contributed by atoms with Crippen LogP contribution in [0.15, 0.2) is 54.7 Å². The molecule has 104 valence electrons. The van der Waals surface area contributed by atoms with Crippen molar-refractivity contribution >= 4 is 16.8 Å². The summed E-state index contributed by atoms with van der Waals surface area (Å²) in [7, 11) is 0. The number of carbonyl (C=O) groups excluding carboxylic acids is 1. The molecule has 0 aliphatic carbocycles. The molecule has 3 rings (SSSR count). The SMILES string of the molecule is NC(=O)c1cnc2ccccc2c1Oc1cccc(O)c1. The highest BCUT2D eigenvalue weighted by Gasteiger charge is 2.15. The Bertz CT molecular complexity index is 831. The largest absolute Gasteiger partial charge is 0.508 e. The van der Waals surface area contributed by atoms with Crippen LogP contribution in [0.5, 0.6) is 17.2 Å². The molecule has 0 fully saturated rings. The third-order valence-electron chi connectivity index (χ3n) is 3.03. The number of fused-ring (bicyclic) bond motifs is 1. The Hall–Kier alpha value is -3.08. The van der Waals surface area contributed by atoms with Crippen LogP contribution in [0.2, 0.25) is 0 Å². The smallest absolute Gasteiger partial charge is 0.254 e. The molecule has 0 radical (unpaired) electrons. The number of phenols is 1. The summed E-state index contributed by atoms with van der Waals surface area (Å²) in [6.45, 7) is 0. The van der Waals surface area contributed by atoms with Gasteiger partial charge in [-0.2, -0.15) is 0 Å². The van der Waals surface area contributed by atoms with E-state index in [0.29, 0.717) is 22.4 Å². The van der Waals surface area contributed by atoms with E-state index in [0.717, 1.165) is 0 Å². The highest BCUT2D eigenvalue weighted by molar-refractivity contribution is 6.01. The zero-order valence-electron chi connectivity index (χ0n) is 11.0. The van der Waals surface area contributed by atoms with Crippen molar-refractivity contribution in [1.29, 1.82) is 0 Å². The fraction of sp³-hybridized carbons (Fsp3) is 0. The van der Waals surface area contributed by atoms with Crippen molar-refractivity contribution < 1.29 is 14.6 Å². The molecule has 3 aromatic rings. The summed E-state index contributed by atoms with van der Waals surface area (Å²) in [6.07, 6.45) is 1.39. The van der Waals surface area contributed by atoms with Gasteiger partial charge in [0, 0.05) is 17.6 Å². The molecule has 0 spiro atoms. The molecule has 21 heavy (non-hydrogen) atoms. The van der Waals surface area contributed by atoms with E-state index in [1.165, 1.54) is 18.3 Å². The zero-order chi connectivity index (χ0) is 14.8. The molecule has 0 aliphatic rings. The van der Waals surface area contributed by atoms with Crippen LogP contribution in [0, 0.1) is 0 Å². The predicted octanol–water partition coefficient (Wildman–Crippen LogP) is 2.83. The van der Waals surface area contributed by atoms with Crippen molar-refractivity contribution in [3.63, 3.8) is 0 Å². The van der Waals surface area contributed by atoms with Crippen molar-refractivity contribution in [2.75, 3.05) is 0 Å². The van der Waals surface area contributed by atoms with E-state index in [9.17, 15) is 9.90 Å². The van der Waals surface area contributed by atoms with Crippen molar-refractivity contribution in [3.05, 3.63) is 60.3 Å². The molecule has 5 nitrogen and oxygen atoms in total. The number of amides is 1. The summed E-state index contributed by atoms with van der Waals surface area (Å²) >= 11 is 0. The van der Waals surface area contributed by atoms with Crippen LogP contribution < -0.4 is 10.5 Å². The van der Waals surface area contributed by atoms with Gasteiger partial charge in [0.2, 0.25) is 0 Å². The third kappa shape index (κ3) is 2.49. The van der Waals surface area contributed by atoms with E-state index < -0.39 is 5.91 Å². The van der Waals surface area contributed by atoms with Gasteiger partial charge in [0.25, 0.3) is 5.91 Å². The van der Waals surface area contributed by atoms with Crippen molar-refractivity contribution in [3.8, 4) is 17.2 Å². The topological polar surface area (TPSA) is 85.4 Å². The van der Waals surface area contributed by atoms with E-state index in [-0.39, 0.29) is 11.3 Å². The molecule has 1 heterocycles. The summed E-state index contributed by atoms with van der Waals surface area (Å²) < 4.78 is 5.76. The molecule has 1 amide bonds. The second kappa shape index (κ2) is 5.13. The number of nitrogens with two attached hydrogens (primary N) is 1. The summed E-state index contributed by atoms with van der Waals surface area (Å²) in [5.41, 5.74) is 6.26. The fourth-order valence-electron chi connectivity index (χ4n) is 2.07. The molecule has 3 N–H and O–H groups in total. The second-order valence-electron chi connectivity index (χ2n) is 4.48. The number of phenolic OH excluding ortho intramolecular Hbond substituents is 1. The number of aromatic nitrogens is 1. The average molecular weight is 280 g/mol. The van der Waals surface area contributed by atoms with Gasteiger partial charge in [-0.1, -0.05) is 18.2 Å². The molecule has 0 unspecified atom stereocenters. The maximum atomic E-state index is 11.6. The van der Waals surface area contributed by atoms with Crippen LogP contribution in [0.4, 0.5) is 0 Å². The van der Waals surface area contributed by atoms with Gasteiger partial charge in [-0.15, -0.1) is 0 Å². The monoisotopic (exact) mass is 280 g/mol. The minimum atomic E-state index is -0.622. The lowest BCUT2D eigenvalue weighted by Crippen LogP contribution is -2.13. The maximum Gasteiger partial charge on any atom is 0.254 e. The highest BCUT2D eigenvalue weighted by Crippen LogP contribution is 2.33. The van der Waals surface area contributed by atoms with E-state index in [2.05, 4.69) is 4.98 Å². The lowest BCUT2D eigenvalue weighted by Gasteiger charge is -2.12. The molecule has 2 aromatic carbocycles. The zero-order valence-corrected chi connectivity index (χ0v) is 11.0. The van der Waals surface area contributed by atoms with Crippen LogP contribution in [-0.2, 0) is 0 Å². The maximum absolute atomic E-state index is 11.6. The van der Waals surface area contributed by atoms with Gasteiger partial charge in [0.1, 0.15) is 17.1 Å². The molecule has 0 aliphatic heterocycles. The van der Waals surface area contributed by atoms with Crippen LogP contribution in [0.25, 0.3) is 10.9 Å². The Labute approximate surface area is 120 Å². The lowest BCUT2D eigenvalue weighted by molar-refractivity contribution is 0.0998. The summed E-state index contributed by atoms with van der Waals surface area (Å²) in [4.78, 5) is 15.8. The summed E-state index contributed by atoms with van der Waals surface area (Å²) in [5.74, 6) is 0.197. The Balaban J connectivity index is 2.18. The number of pyridine rings is 1. The molecular weight excluding hydrogens is 268 g/mol. The predicted molar refractivity (Wildman–Crippen MR) is 78.4 cm³/mol. The number of benzene rings is 2. The van der Waals surface area contributed by atoms with Gasteiger partial charge < -0.3 is 15.6 Å². The van der Waals surface area contributed by atoms with E-state index in [1.807, 2.05) is 18.2 Å². The summed E-state index contributed by atoms with van der Waals surface area (Å²) in [6, 6.07) is 13.6. The molecule has 0 bridgehead atoms. The fourth-order valence-corrected chi connectivity index (χ4v) is 2.07. The number of carbonyl (C=O) groups is 1. The molecule has 5 heteroatoms. The van der Waals surface area contributed by atoms with Gasteiger partial charge >= 0.3 is 0 Å². The Morgan fingerprint density at radius 2 is 1.95 bits per heavy atom. The van der Waals surface area contributed by atoms with Gasteiger partial charge in [-0.05, 0) is 24.3 Å². The van der Waals surface area contributed by atoms with Gasteiger partial charge in [0.05, 0.1) is 5.52 Å². The Kier molecular flexibility index (Phi) is 3.16. The van der Waals surface area contributed by atoms with Gasteiger partial charge in [-0.25, -0.2) is 0 Å². The first-order chi connectivity index (χ1) is 10.1. The van der Waals surface area contributed by atoms with Gasteiger partial charge in [0.15, 0.2) is 5.75 Å². The van der Waals surface area contributed by atoms with E-state index >= 15 is 0 Å². The van der Waals surface area contributed by atoms with Crippen LogP contribution in [-0.4, -0.2) is 16.0 Å². The summed E-state index contributed by atoms with van der Waals surface area (Å²) in [5, 5.41) is 10.2. The number of primary amides is 1. The van der Waals surface area contributed by atoms with Crippen molar-refractivity contribution in [1.82, 2.24) is 4.98 Å². The first-order valence-electron chi connectivity index (χ1n) is 6.29. The molecule has 1 aromatic heterocycles.